The van der Waals surface area contributed by atoms with Crippen molar-refractivity contribution in [3.05, 3.63) is 5.53 Å². The summed E-state index contributed by atoms with van der Waals surface area (Å²) in [6.45, 7) is 1.77. The van der Waals surface area contributed by atoms with Crippen molar-refractivity contribution in [3.63, 3.8) is 0 Å². The second kappa shape index (κ2) is 6.91. The Kier molecular flexibility index (Phi) is 6.71. The van der Waals surface area contributed by atoms with Gasteiger partial charge >= 0.3 is 10.3 Å². The lowest BCUT2D eigenvalue weighted by molar-refractivity contribution is -0.394. The molecule has 0 aliphatic rings. The predicted octanol–water partition coefficient (Wildman–Crippen LogP) is -0.201. The molecule has 9 nitrogen and oxygen atoms in total. The normalized spacial score (nSPS) is 13.6. The number of rotatable bonds is 9. The zero-order chi connectivity index (χ0) is 16.2. The fraction of sp³-hybridized carbons (Fsp3) is 1.00. The largest absolute Gasteiger partial charge is 0.495 e. The molecule has 0 fully saturated rings. The molecular formula is C8H18N2O7S3. The van der Waals surface area contributed by atoms with Gasteiger partial charge in [-0.15, -0.1) is 8.42 Å². The van der Waals surface area contributed by atoms with Crippen LogP contribution in [-0.4, -0.2) is 56.5 Å². The van der Waals surface area contributed by atoms with Gasteiger partial charge in [0.2, 0.25) is 4.58 Å². The minimum atomic E-state index is -5.09. The van der Waals surface area contributed by atoms with E-state index in [1.54, 1.807) is 0 Å². The van der Waals surface area contributed by atoms with Crippen LogP contribution < -0.4 is 0 Å². The molecule has 0 aliphatic carbocycles. The van der Waals surface area contributed by atoms with Gasteiger partial charge in [0.15, 0.2) is 26.2 Å². The van der Waals surface area contributed by atoms with Crippen molar-refractivity contribution >= 4 is 30.0 Å². The standard InChI is InChI=1S/C8H18N2O7S3/c1-3-5-18(11,12)8(19(13,14)6-4-2)7-10(9)20(15,16)17/h8H,3-7H2,1-2H3,(H,15,16,17). The molecule has 1 N–H and O–H groups in total. The van der Waals surface area contributed by atoms with Crippen LogP contribution >= 0.6 is 0 Å². The van der Waals surface area contributed by atoms with E-state index in [2.05, 4.69) is 0 Å². The van der Waals surface area contributed by atoms with Crippen molar-refractivity contribution < 1.29 is 33.9 Å². The topological polar surface area (TPSA) is 148 Å². The molecule has 0 heterocycles. The summed E-state index contributed by atoms with van der Waals surface area (Å²) in [7, 11) is -13.4. The van der Waals surface area contributed by atoms with E-state index in [0.29, 0.717) is 0 Å². The van der Waals surface area contributed by atoms with Crippen LogP contribution in [0.2, 0.25) is 0 Å². The first-order valence-electron chi connectivity index (χ1n) is 5.75. The Morgan fingerprint density at radius 2 is 1.30 bits per heavy atom. The molecule has 0 unspecified atom stereocenters. The lowest BCUT2D eigenvalue weighted by Crippen LogP contribution is -2.41. The van der Waals surface area contributed by atoms with Crippen LogP contribution in [0.5, 0.6) is 0 Å². The van der Waals surface area contributed by atoms with Gasteiger partial charge in [-0.3, -0.25) is 0 Å². The van der Waals surface area contributed by atoms with Gasteiger partial charge < -0.3 is 5.53 Å². The molecule has 12 heteroatoms. The fourth-order valence-corrected chi connectivity index (χ4v) is 6.80. The molecule has 0 aromatic carbocycles. The monoisotopic (exact) mass is 350 g/mol. The van der Waals surface area contributed by atoms with Crippen LogP contribution in [0, 0.1) is 0 Å². The summed E-state index contributed by atoms with van der Waals surface area (Å²) < 4.78 is 74.8. The highest BCUT2D eigenvalue weighted by Gasteiger charge is 2.41. The van der Waals surface area contributed by atoms with Gasteiger partial charge in [-0.1, -0.05) is 13.8 Å². The van der Waals surface area contributed by atoms with Crippen LogP contribution in [0.15, 0.2) is 0 Å². The number of sulfone groups is 2. The molecule has 0 spiro atoms. The van der Waals surface area contributed by atoms with Crippen molar-refractivity contribution in [2.45, 2.75) is 31.3 Å². The van der Waals surface area contributed by atoms with Gasteiger partial charge in [-0.25, -0.2) is 21.4 Å². The second-order valence-electron chi connectivity index (χ2n) is 4.15. The molecule has 120 valence electrons. The van der Waals surface area contributed by atoms with Crippen molar-refractivity contribution in [2.75, 3.05) is 18.1 Å². The zero-order valence-electron chi connectivity index (χ0n) is 11.1. The van der Waals surface area contributed by atoms with Gasteiger partial charge in [-0.05, 0) is 12.8 Å². The average molecular weight is 350 g/mol. The smallest absolute Gasteiger partial charge is 0.485 e. The first-order chi connectivity index (χ1) is 8.88. The summed E-state index contributed by atoms with van der Waals surface area (Å²) in [5, 5.41) is 0. The molecule has 0 radical (unpaired) electrons. The van der Waals surface area contributed by atoms with Gasteiger partial charge in [0, 0.05) is 0 Å². The minimum absolute atomic E-state index is 0.137. The molecule has 20 heavy (non-hydrogen) atoms. The predicted molar refractivity (Wildman–Crippen MR) is 72.0 cm³/mol. The third-order valence-electron chi connectivity index (χ3n) is 2.35. The summed E-state index contributed by atoms with van der Waals surface area (Å²) in [5.41, 5.74) is 9.09. The van der Waals surface area contributed by atoms with Gasteiger partial charge in [-0.2, -0.15) is 4.10 Å². The molecule has 0 rings (SSSR count). The van der Waals surface area contributed by atoms with E-state index in [-0.39, 0.29) is 12.8 Å². The van der Waals surface area contributed by atoms with Crippen LogP contribution in [-0.2, 0) is 30.0 Å². The summed E-state index contributed by atoms with van der Waals surface area (Å²) in [5.74, 6) is -0.945. The average Bonchev–Trinajstić information content (AvgIpc) is 2.23. The zero-order valence-corrected chi connectivity index (χ0v) is 13.6. The third-order valence-corrected chi connectivity index (χ3v) is 8.65. The molecule has 0 bridgehead atoms. The highest BCUT2D eigenvalue weighted by molar-refractivity contribution is 8.09. The van der Waals surface area contributed by atoms with Crippen LogP contribution in [0.3, 0.4) is 0 Å². The second-order valence-corrected chi connectivity index (χ2v) is 10.4. The maximum Gasteiger partial charge on any atom is 0.495 e. The molecule has 0 amide bonds. The Bertz CT molecular complexity index is 612. The van der Waals surface area contributed by atoms with Crippen molar-refractivity contribution in [1.29, 1.82) is 0 Å². The number of hydrogen-bond donors (Lipinski definition) is 1. The molecule has 0 saturated heterocycles. The summed E-state index contributed by atoms with van der Waals surface area (Å²) >= 11 is 0. The Labute approximate surface area is 119 Å². The molecule has 0 aliphatic heterocycles. The Morgan fingerprint density at radius 1 is 0.950 bits per heavy atom. The van der Waals surface area contributed by atoms with E-state index in [9.17, 15) is 25.3 Å². The SMILES string of the molecule is CCCS(=O)(=O)C(C[N+](=[N-])S(=O)(=O)O)S(=O)(=O)CCC. The fourth-order valence-electron chi connectivity index (χ4n) is 1.50. The van der Waals surface area contributed by atoms with Crippen molar-refractivity contribution in [3.8, 4) is 0 Å². The molecule has 0 aromatic heterocycles. The maximum absolute atomic E-state index is 11.9. The maximum atomic E-state index is 11.9. The Hall–Kier alpha value is -0.590. The van der Waals surface area contributed by atoms with E-state index in [0.717, 1.165) is 0 Å². The van der Waals surface area contributed by atoms with Crippen LogP contribution in [0.25, 0.3) is 5.53 Å². The van der Waals surface area contributed by atoms with E-state index in [1.807, 2.05) is 0 Å². The lowest BCUT2D eigenvalue weighted by atomic mass is 10.6. The third kappa shape index (κ3) is 5.42. The number of hydrogen-bond acceptors (Lipinski definition) is 6. The highest BCUT2D eigenvalue weighted by Crippen LogP contribution is 2.15. The van der Waals surface area contributed by atoms with Crippen molar-refractivity contribution in [2.24, 2.45) is 0 Å². The first-order valence-corrected chi connectivity index (χ1v) is 10.6. The molecule has 0 saturated carbocycles. The Balaban J connectivity index is 5.70. The van der Waals surface area contributed by atoms with Crippen LogP contribution in [0.1, 0.15) is 26.7 Å². The van der Waals surface area contributed by atoms with Crippen LogP contribution in [0.4, 0.5) is 0 Å². The van der Waals surface area contributed by atoms with E-state index in [4.69, 9.17) is 10.1 Å². The quantitative estimate of drug-likeness (QED) is 0.344. The minimum Gasteiger partial charge on any atom is -0.485 e. The van der Waals surface area contributed by atoms with Crippen molar-refractivity contribution in [1.82, 2.24) is 0 Å². The number of nitrogens with zero attached hydrogens (tertiary/aromatic N) is 2. The highest BCUT2D eigenvalue weighted by atomic mass is 32.3. The van der Waals surface area contributed by atoms with Gasteiger partial charge in [0.1, 0.15) is 0 Å². The van der Waals surface area contributed by atoms with Gasteiger partial charge in [0.05, 0.1) is 11.5 Å². The molecule has 0 atom stereocenters. The summed E-state index contributed by atoms with van der Waals surface area (Å²) in [6, 6.07) is 0. The molecular weight excluding hydrogens is 332 g/mol. The lowest BCUT2D eigenvalue weighted by Gasteiger charge is -2.16. The van der Waals surface area contributed by atoms with E-state index >= 15 is 0 Å². The van der Waals surface area contributed by atoms with E-state index < -0.39 is 56.7 Å². The van der Waals surface area contributed by atoms with E-state index in [1.165, 1.54) is 13.8 Å². The molecule has 0 aromatic rings. The Morgan fingerprint density at radius 3 is 1.55 bits per heavy atom. The first kappa shape index (κ1) is 19.4. The van der Waals surface area contributed by atoms with Gasteiger partial charge in [0.25, 0.3) is 0 Å². The summed E-state index contributed by atoms with van der Waals surface area (Å²) in [6.07, 6.45) is 0.273. The summed E-state index contributed by atoms with van der Waals surface area (Å²) in [4.78, 5) is 0.